The second-order valence-electron chi connectivity index (χ2n) is 17.7. The highest BCUT2D eigenvalue weighted by atomic mass is 16.7. The van der Waals surface area contributed by atoms with Gasteiger partial charge in [-0.2, -0.15) is 0 Å². The summed E-state index contributed by atoms with van der Waals surface area (Å²) in [6.07, 6.45) is 8.28. The Hall–Kier alpha value is -7.01. The van der Waals surface area contributed by atoms with Gasteiger partial charge in [0.1, 0.15) is 74.2 Å². The third-order valence-corrected chi connectivity index (χ3v) is 13.0. The SMILES string of the molecule is COCOc1cccc2c1C(=O)CCO2.COCOc1cccc2c1C(=O)CCO2.COCOc1cccc2c1C1(CCO2)CC1.O=C1CCOc2cccc(O)c21.Oc1cccc2c1C1(CCO2)CC1. The summed E-state index contributed by atoms with van der Waals surface area (Å²) >= 11 is 0. The van der Waals surface area contributed by atoms with Crippen molar-refractivity contribution < 1.29 is 76.7 Å². The lowest BCUT2D eigenvalue weighted by molar-refractivity contribution is 0.0490. The van der Waals surface area contributed by atoms with Gasteiger partial charge in [0.05, 0.1) is 33.0 Å². The van der Waals surface area contributed by atoms with Crippen molar-refractivity contribution in [1.29, 1.82) is 0 Å². The van der Waals surface area contributed by atoms with E-state index in [-0.39, 0.29) is 42.1 Å². The molecule has 0 aromatic heterocycles. The molecule has 12 rings (SSSR count). The molecule has 71 heavy (non-hydrogen) atoms. The van der Waals surface area contributed by atoms with Crippen LogP contribution in [0.25, 0.3) is 0 Å². The standard InChI is InChI=1S/C13H16O3.2C11H12O4.C11H12O2.C9H8O3/c1-14-9-16-11-4-2-3-10-12(11)13(5-6-13)7-8-15-10;2*1-13-7-15-10-4-2-3-9-11(10)8(12)5-6-14-9;12-8-2-1-3-9-10(8)11(4-5-11)6-7-13-9;10-6-2-1-3-8-9(6)7(11)4-5-12-8/h2-4H,5-9H2,1H3;2*2-4H,5-7H2,1H3;1-3,12H,4-7H2;1-3,10H,4-5H2. The molecule has 2 saturated carbocycles. The molecule has 5 aromatic rings. The van der Waals surface area contributed by atoms with Crippen molar-refractivity contribution in [3.05, 3.63) is 119 Å². The van der Waals surface area contributed by atoms with E-state index in [1.54, 1.807) is 61.7 Å². The van der Waals surface area contributed by atoms with Crippen molar-refractivity contribution in [3.63, 3.8) is 0 Å². The van der Waals surface area contributed by atoms with Crippen molar-refractivity contribution in [3.8, 4) is 57.5 Å². The summed E-state index contributed by atoms with van der Waals surface area (Å²) in [5, 5.41) is 19.1. The highest BCUT2D eigenvalue weighted by Gasteiger charge is 2.50. The van der Waals surface area contributed by atoms with Gasteiger partial charge in [-0.1, -0.05) is 30.3 Å². The van der Waals surface area contributed by atoms with Crippen LogP contribution in [-0.4, -0.2) is 102 Å². The van der Waals surface area contributed by atoms with Crippen molar-refractivity contribution in [2.45, 2.75) is 68.6 Å². The number of rotatable bonds is 9. The van der Waals surface area contributed by atoms with E-state index < -0.39 is 0 Å². The van der Waals surface area contributed by atoms with Gasteiger partial charge >= 0.3 is 0 Å². The zero-order chi connectivity index (χ0) is 49.8. The van der Waals surface area contributed by atoms with Gasteiger partial charge in [-0.3, -0.25) is 14.4 Å². The molecule has 5 aliphatic heterocycles. The number of fused-ring (bicyclic) bond motifs is 7. The zero-order valence-electron chi connectivity index (χ0n) is 40.3. The summed E-state index contributed by atoms with van der Waals surface area (Å²) in [5.41, 5.74) is 4.32. The van der Waals surface area contributed by atoms with E-state index in [0.29, 0.717) is 102 Å². The normalized spacial score (nSPS) is 17.2. The fraction of sp³-hybridized carbons (Fsp3) is 0.400. The number of phenolic OH excluding ortho intramolecular Hbond substituents is 2. The smallest absolute Gasteiger partial charge is 0.188 e. The van der Waals surface area contributed by atoms with Crippen LogP contribution < -0.4 is 37.9 Å². The minimum atomic E-state index is -0.0469. The molecule has 2 N–H and O–H groups in total. The van der Waals surface area contributed by atoms with Crippen LogP contribution in [0, 0.1) is 0 Å². The molecule has 5 aromatic carbocycles. The molecule has 0 atom stereocenters. The number of hydrogen-bond acceptors (Lipinski definition) is 16. The van der Waals surface area contributed by atoms with Crippen molar-refractivity contribution in [1.82, 2.24) is 0 Å². The van der Waals surface area contributed by atoms with Crippen LogP contribution in [0.2, 0.25) is 0 Å². The molecule has 0 saturated heterocycles. The number of Topliss-reactive ketones (excluding diaryl/α,β-unsaturated/α-hetero) is 3. The first kappa shape index (κ1) is 50.4. The molecule has 2 aliphatic carbocycles. The van der Waals surface area contributed by atoms with Crippen LogP contribution >= 0.6 is 0 Å². The van der Waals surface area contributed by atoms with E-state index in [9.17, 15) is 24.6 Å². The van der Waals surface area contributed by atoms with Gasteiger partial charge in [-0.15, -0.1) is 0 Å². The lowest BCUT2D eigenvalue weighted by Crippen LogP contribution is -2.21. The lowest BCUT2D eigenvalue weighted by atomic mass is 9.89. The summed E-state index contributed by atoms with van der Waals surface area (Å²) in [5.74, 6) is 6.05. The second kappa shape index (κ2) is 23.3. The van der Waals surface area contributed by atoms with Gasteiger partial charge < -0.3 is 62.3 Å². The van der Waals surface area contributed by atoms with Crippen LogP contribution in [-0.2, 0) is 25.0 Å². The Morgan fingerprint density at radius 1 is 0.408 bits per heavy atom. The number of phenols is 2. The lowest BCUT2D eigenvalue weighted by Gasteiger charge is -2.27. The van der Waals surface area contributed by atoms with Crippen molar-refractivity contribution in [2.75, 3.05) is 74.7 Å². The minimum absolute atomic E-state index is 0.0113. The maximum atomic E-state index is 11.7. The van der Waals surface area contributed by atoms with E-state index in [2.05, 4.69) is 0 Å². The summed E-state index contributed by atoms with van der Waals surface area (Å²) in [4.78, 5) is 34.6. The molecule has 0 radical (unpaired) electrons. The van der Waals surface area contributed by atoms with Crippen LogP contribution in [0.5, 0.6) is 57.5 Å². The number of hydrogen-bond donors (Lipinski definition) is 2. The number of benzene rings is 5. The monoisotopic (exact) mass is 976 g/mol. The average molecular weight is 977 g/mol. The molecular weight excluding hydrogens is 917 g/mol. The molecule has 7 aliphatic rings. The second-order valence-corrected chi connectivity index (χ2v) is 17.7. The maximum absolute atomic E-state index is 11.7. The van der Waals surface area contributed by atoms with Crippen molar-refractivity contribution >= 4 is 17.3 Å². The van der Waals surface area contributed by atoms with Crippen LogP contribution in [0.1, 0.15) is 100.0 Å². The fourth-order valence-corrected chi connectivity index (χ4v) is 9.19. The molecule has 16 nitrogen and oxygen atoms in total. The number of ether oxygens (including phenoxy) is 11. The molecule has 0 amide bonds. The highest BCUT2D eigenvalue weighted by Crippen LogP contribution is 2.59. The fourth-order valence-electron chi connectivity index (χ4n) is 9.19. The van der Waals surface area contributed by atoms with E-state index in [1.165, 1.54) is 51.5 Å². The first-order chi connectivity index (χ1) is 34.6. The number of carbonyl (C=O) groups is 3. The third kappa shape index (κ3) is 11.8. The van der Waals surface area contributed by atoms with Gasteiger partial charge in [0.2, 0.25) is 0 Å². The summed E-state index contributed by atoms with van der Waals surface area (Å²) in [6.45, 7) is 3.49. The Labute approximate surface area is 412 Å². The Morgan fingerprint density at radius 3 is 1.21 bits per heavy atom. The first-order valence-electron chi connectivity index (χ1n) is 23.7. The molecule has 16 heteroatoms. The van der Waals surface area contributed by atoms with E-state index in [1.807, 2.05) is 30.3 Å². The molecule has 2 fully saturated rings. The quantitative estimate of drug-likeness (QED) is 0.133. The Morgan fingerprint density at radius 2 is 0.761 bits per heavy atom. The van der Waals surface area contributed by atoms with Gasteiger partial charge in [0.15, 0.2) is 37.7 Å². The van der Waals surface area contributed by atoms with Crippen molar-refractivity contribution in [2.24, 2.45) is 0 Å². The first-order valence-corrected chi connectivity index (χ1v) is 23.7. The largest absolute Gasteiger partial charge is 0.508 e. The Balaban J connectivity index is 0.000000119. The third-order valence-electron chi connectivity index (χ3n) is 13.0. The predicted molar refractivity (Wildman–Crippen MR) is 258 cm³/mol. The predicted octanol–water partition coefficient (Wildman–Crippen LogP) is 9.32. The molecule has 5 heterocycles. The Bertz CT molecular complexity index is 2600. The summed E-state index contributed by atoms with van der Waals surface area (Å²) in [7, 11) is 4.71. The molecule has 376 valence electrons. The Kier molecular flexibility index (Phi) is 16.5. The van der Waals surface area contributed by atoms with Crippen LogP contribution in [0.15, 0.2) is 91.0 Å². The zero-order valence-corrected chi connectivity index (χ0v) is 40.3. The number of ketones is 3. The van der Waals surface area contributed by atoms with Crippen LogP contribution in [0.4, 0.5) is 0 Å². The average Bonchev–Trinajstić information content (AvgIpc) is 4.33. The number of carbonyl (C=O) groups excluding carboxylic acids is 3. The summed E-state index contributed by atoms with van der Waals surface area (Å²) < 4.78 is 57.9. The molecule has 0 unspecified atom stereocenters. The van der Waals surface area contributed by atoms with Gasteiger partial charge in [0.25, 0.3) is 0 Å². The molecular formula is C55H60O16. The van der Waals surface area contributed by atoms with E-state index >= 15 is 0 Å². The number of aromatic hydroxyl groups is 2. The highest BCUT2D eigenvalue weighted by molar-refractivity contribution is 6.03. The summed E-state index contributed by atoms with van der Waals surface area (Å²) in [6, 6.07) is 27.0. The van der Waals surface area contributed by atoms with Gasteiger partial charge in [-0.05, 0) is 99.2 Å². The van der Waals surface area contributed by atoms with Crippen LogP contribution in [0.3, 0.4) is 0 Å². The van der Waals surface area contributed by atoms with Gasteiger partial charge in [-0.25, -0.2) is 0 Å². The molecule has 2 spiro atoms. The van der Waals surface area contributed by atoms with Gasteiger partial charge in [0, 0.05) is 62.5 Å². The topological polar surface area (TPSA) is 193 Å². The van der Waals surface area contributed by atoms with E-state index in [0.717, 1.165) is 48.9 Å². The minimum Gasteiger partial charge on any atom is -0.508 e. The van der Waals surface area contributed by atoms with E-state index in [4.69, 9.17) is 52.1 Å². The molecule has 0 bridgehead atoms. The maximum Gasteiger partial charge on any atom is 0.188 e. The number of methoxy groups -OCH3 is 3.